The number of rotatable bonds is 1. The Labute approximate surface area is 92.3 Å². The first-order valence-electron chi connectivity index (χ1n) is 4.12. The van der Waals surface area contributed by atoms with Crippen molar-refractivity contribution in [3.63, 3.8) is 0 Å². The molecule has 2 aromatic rings. The standard InChI is InChI=1S/C9H6BrN3O2/c10-6-3-1-5(2-4-6)7-8(14)11-9(15)13-12-7/h1-4H,(H2,11,13,14,15). The molecule has 1 aromatic heterocycles. The zero-order valence-corrected chi connectivity index (χ0v) is 9.04. The van der Waals surface area contributed by atoms with Crippen molar-refractivity contribution in [3.8, 4) is 11.3 Å². The lowest BCUT2D eigenvalue weighted by Gasteiger charge is -1.97. The molecule has 5 nitrogen and oxygen atoms in total. The summed E-state index contributed by atoms with van der Waals surface area (Å²) in [4.78, 5) is 24.2. The van der Waals surface area contributed by atoms with E-state index in [1.54, 1.807) is 24.3 Å². The maximum atomic E-state index is 11.4. The number of aromatic amines is 2. The number of halogens is 1. The van der Waals surface area contributed by atoms with E-state index < -0.39 is 11.2 Å². The van der Waals surface area contributed by atoms with Gasteiger partial charge in [-0.15, -0.1) is 0 Å². The Morgan fingerprint density at radius 2 is 1.80 bits per heavy atom. The van der Waals surface area contributed by atoms with Gasteiger partial charge in [0.15, 0.2) is 5.69 Å². The van der Waals surface area contributed by atoms with E-state index in [9.17, 15) is 9.59 Å². The highest BCUT2D eigenvalue weighted by atomic mass is 79.9. The summed E-state index contributed by atoms with van der Waals surface area (Å²) in [5.41, 5.74) is -0.264. The molecule has 0 saturated heterocycles. The van der Waals surface area contributed by atoms with Crippen LogP contribution in [0.5, 0.6) is 0 Å². The van der Waals surface area contributed by atoms with E-state index in [0.29, 0.717) is 5.56 Å². The zero-order chi connectivity index (χ0) is 10.8. The molecule has 0 aliphatic rings. The number of hydrogen-bond donors (Lipinski definition) is 2. The Kier molecular flexibility index (Phi) is 2.51. The summed E-state index contributed by atoms with van der Waals surface area (Å²) in [6.45, 7) is 0. The van der Waals surface area contributed by atoms with Crippen LogP contribution in [0.2, 0.25) is 0 Å². The quantitative estimate of drug-likeness (QED) is 0.806. The van der Waals surface area contributed by atoms with Crippen LogP contribution in [0.25, 0.3) is 11.3 Å². The first-order valence-corrected chi connectivity index (χ1v) is 4.91. The van der Waals surface area contributed by atoms with Crippen molar-refractivity contribution < 1.29 is 0 Å². The molecule has 0 aliphatic carbocycles. The maximum absolute atomic E-state index is 11.4. The Balaban J connectivity index is 2.59. The van der Waals surface area contributed by atoms with Gasteiger partial charge < -0.3 is 0 Å². The third-order valence-corrected chi connectivity index (χ3v) is 2.36. The molecule has 0 amide bonds. The van der Waals surface area contributed by atoms with Gasteiger partial charge in [0, 0.05) is 10.0 Å². The SMILES string of the molecule is O=c1[nH]nc(-c2ccc(Br)cc2)c(=O)[nH]1. The Hall–Kier alpha value is -1.69. The van der Waals surface area contributed by atoms with Crippen LogP contribution in [0.1, 0.15) is 0 Å². The lowest BCUT2D eigenvalue weighted by atomic mass is 10.2. The number of benzene rings is 1. The van der Waals surface area contributed by atoms with Crippen LogP contribution in [0, 0.1) is 0 Å². The highest BCUT2D eigenvalue weighted by molar-refractivity contribution is 9.10. The lowest BCUT2D eigenvalue weighted by Crippen LogP contribution is -2.25. The molecule has 1 aromatic carbocycles. The van der Waals surface area contributed by atoms with Gasteiger partial charge in [0.05, 0.1) is 0 Å². The van der Waals surface area contributed by atoms with Crippen molar-refractivity contribution in [2.24, 2.45) is 0 Å². The molecule has 2 rings (SSSR count). The monoisotopic (exact) mass is 267 g/mol. The predicted octanol–water partition coefficient (Wildman–Crippen LogP) is 0.888. The number of aromatic nitrogens is 3. The second-order valence-electron chi connectivity index (χ2n) is 2.86. The molecular formula is C9H6BrN3O2. The molecular weight excluding hydrogens is 262 g/mol. The van der Waals surface area contributed by atoms with E-state index in [2.05, 4.69) is 31.1 Å². The van der Waals surface area contributed by atoms with Crippen LogP contribution in [-0.2, 0) is 0 Å². The average Bonchev–Trinajstić information content (AvgIpc) is 2.20. The molecule has 0 saturated carbocycles. The third-order valence-electron chi connectivity index (χ3n) is 1.83. The van der Waals surface area contributed by atoms with Gasteiger partial charge in [-0.1, -0.05) is 28.1 Å². The topological polar surface area (TPSA) is 78.6 Å². The van der Waals surface area contributed by atoms with Crippen LogP contribution in [0.3, 0.4) is 0 Å². The molecule has 0 radical (unpaired) electrons. The van der Waals surface area contributed by atoms with E-state index >= 15 is 0 Å². The first kappa shape index (κ1) is 9.85. The van der Waals surface area contributed by atoms with Crippen LogP contribution in [-0.4, -0.2) is 15.2 Å². The van der Waals surface area contributed by atoms with Crippen molar-refractivity contribution in [2.75, 3.05) is 0 Å². The molecule has 1 heterocycles. The maximum Gasteiger partial charge on any atom is 0.342 e. The number of nitrogens with one attached hydrogen (secondary N) is 2. The van der Waals surface area contributed by atoms with E-state index in [-0.39, 0.29) is 5.69 Å². The zero-order valence-electron chi connectivity index (χ0n) is 7.45. The summed E-state index contributed by atoms with van der Waals surface area (Å²) >= 11 is 3.28. The minimum absolute atomic E-state index is 0.196. The fourth-order valence-electron chi connectivity index (χ4n) is 1.15. The van der Waals surface area contributed by atoms with E-state index in [4.69, 9.17) is 0 Å². The Morgan fingerprint density at radius 3 is 2.40 bits per heavy atom. The molecule has 6 heteroatoms. The van der Waals surface area contributed by atoms with E-state index in [1.165, 1.54) is 0 Å². The van der Waals surface area contributed by atoms with Crippen molar-refractivity contribution in [1.29, 1.82) is 0 Å². The summed E-state index contributed by atoms with van der Waals surface area (Å²) in [5, 5.41) is 5.86. The highest BCUT2D eigenvalue weighted by Gasteiger charge is 2.04. The van der Waals surface area contributed by atoms with Gasteiger partial charge in [0.25, 0.3) is 5.56 Å². The van der Waals surface area contributed by atoms with Gasteiger partial charge in [0.1, 0.15) is 0 Å². The number of hydrogen-bond acceptors (Lipinski definition) is 3. The fourth-order valence-corrected chi connectivity index (χ4v) is 1.42. The largest absolute Gasteiger partial charge is 0.342 e. The minimum Gasteiger partial charge on any atom is -0.271 e. The van der Waals surface area contributed by atoms with Gasteiger partial charge in [0.2, 0.25) is 0 Å². The average molecular weight is 268 g/mol. The van der Waals surface area contributed by atoms with Gasteiger partial charge in [-0.3, -0.25) is 9.78 Å². The van der Waals surface area contributed by atoms with Crippen molar-refractivity contribution in [3.05, 3.63) is 49.6 Å². The van der Waals surface area contributed by atoms with Crippen LogP contribution in [0.15, 0.2) is 38.3 Å². The lowest BCUT2D eigenvalue weighted by molar-refractivity contribution is 0.897. The Bertz CT molecular complexity index is 585. The van der Waals surface area contributed by atoms with Crippen molar-refractivity contribution in [1.82, 2.24) is 15.2 Å². The second kappa shape index (κ2) is 3.82. The van der Waals surface area contributed by atoms with E-state index in [0.717, 1.165) is 4.47 Å². The molecule has 0 aliphatic heterocycles. The van der Waals surface area contributed by atoms with Gasteiger partial charge in [-0.25, -0.2) is 9.89 Å². The highest BCUT2D eigenvalue weighted by Crippen LogP contribution is 2.15. The summed E-state index contributed by atoms with van der Waals surface area (Å²) in [6, 6.07) is 7.06. The fraction of sp³-hybridized carbons (Fsp3) is 0. The van der Waals surface area contributed by atoms with Gasteiger partial charge in [-0.2, -0.15) is 5.10 Å². The third kappa shape index (κ3) is 2.04. The minimum atomic E-state index is -0.610. The van der Waals surface area contributed by atoms with Crippen LogP contribution >= 0.6 is 15.9 Å². The molecule has 76 valence electrons. The normalized spacial score (nSPS) is 10.2. The van der Waals surface area contributed by atoms with Crippen molar-refractivity contribution >= 4 is 15.9 Å². The molecule has 0 fully saturated rings. The van der Waals surface area contributed by atoms with Crippen molar-refractivity contribution in [2.45, 2.75) is 0 Å². The van der Waals surface area contributed by atoms with Crippen LogP contribution in [0.4, 0.5) is 0 Å². The Morgan fingerprint density at radius 1 is 1.13 bits per heavy atom. The van der Waals surface area contributed by atoms with E-state index in [1.807, 2.05) is 0 Å². The molecule has 0 unspecified atom stereocenters. The summed E-state index contributed by atoms with van der Waals surface area (Å²) in [5.74, 6) is 0. The first-order chi connectivity index (χ1) is 7.16. The van der Waals surface area contributed by atoms with Gasteiger partial charge >= 0.3 is 5.69 Å². The molecule has 0 atom stereocenters. The second-order valence-corrected chi connectivity index (χ2v) is 3.78. The molecule has 2 N–H and O–H groups in total. The smallest absolute Gasteiger partial charge is 0.271 e. The molecule has 0 bridgehead atoms. The van der Waals surface area contributed by atoms with Gasteiger partial charge in [-0.05, 0) is 12.1 Å². The predicted molar refractivity (Wildman–Crippen MR) is 58.6 cm³/mol. The summed E-state index contributed by atoms with van der Waals surface area (Å²) in [6.07, 6.45) is 0. The summed E-state index contributed by atoms with van der Waals surface area (Å²) in [7, 11) is 0. The number of H-pyrrole nitrogens is 2. The number of nitrogens with zero attached hydrogens (tertiary/aromatic N) is 1. The summed E-state index contributed by atoms with van der Waals surface area (Å²) < 4.78 is 0.909. The van der Waals surface area contributed by atoms with Crippen LogP contribution < -0.4 is 11.2 Å². The molecule has 0 spiro atoms. The molecule has 15 heavy (non-hydrogen) atoms.